The van der Waals surface area contributed by atoms with Gasteiger partial charge in [0.2, 0.25) is 11.8 Å². The number of rotatable bonds is 9. The zero-order valence-electron chi connectivity index (χ0n) is 20.9. The van der Waals surface area contributed by atoms with Crippen molar-refractivity contribution in [3.8, 4) is 11.6 Å². The van der Waals surface area contributed by atoms with Crippen molar-refractivity contribution in [2.45, 2.75) is 44.4 Å². The van der Waals surface area contributed by atoms with E-state index in [2.05, 4.69) is 29.2 Å². The second-order valence-electron chi connectivity index (χ2n) is 9.37. The molecule has 2 fully saturated rings. The van der Waals surface area contributed by atoms with Crippen LogP contribution < -0.4 is 19.3 Å². The Labute approximate surface area is 216 Å². The molecule has 2 aliphatic rings. The molecular weight excluding hydrogens is 478 g/mol. The highest BCUT2D eigenvalue weighted by Gasteiger charge is 2.31. The number of ether oxygens (including phenoxy) is 3. The van der Waals surface area contributed by atoms with Crippen LogP contribution in [0, 0.1) is 0 Å². The zero-order chi connectivity index (χ0) is 25.6. The highest BCUT2D eigenvalue weighted by molar-refractivity contribution is 5.49. The molecular formula is C28H32F2N4O3. The Morgan fingerprint density at radius 1 is 1.03 bits per heavy atom. The lowest BCUT2D eigenvalue weighted by Crippen LogP contribution is -2.46. The van der Waals surface area contributed by atoms with Crippen LogP contribution in [0.4, 0.5) is 20.5 Å². The Bertz CT molecular complexity index is 1150. The molecule has 0 saturated carbocycles. The molecule has 0 bridgehead atoms. The SMILES string of the molecule is COc1ccc(COc2cc(N3CCOC(C(F)F)C3)nc(N3CCCC3Cc3ccccc3)n2)cc1. The van der Waals surface area contributed by atoms with Crippen LogP contribution in [0.1, 0.15) is 24.0 Å². The van der Waals surface area contributed by atoms with Gasteiger partial charge in [0, 0.05) is 25.2 Å². The van der Waals surface area contributed by atoms with E-state index < -0.39 is 12.5 Å². The molecule has 196 valence electrons. The Kier molecular flexibility index (Phi) is 7.99. The first-order chi connectivity index (χ1) is 18.1. The van der Waals surface area contributed by atoms with E-state index in [-0.39, 0.29) is 19.2 Å². The minimum atomic E-state index is -2.55. The minimum absolute atomic E-state index is 0.0689. The summed E-state index contributed by atoms with van der Waals surface area (Å²) in [5.41, 5.74) is 2.23. The van der Waals surface area contributed by atoms with Gasteiger partial charge in [-0.1, -0.05) is 42.5 Å². The molecule has 0 amide bonds. The van der Waals surface area contributed by atoms with Gasteiger partial charge in [-0.3, -0.25) is 0 Å². The lowest BCUT2D eigenvalue weighted by atomic mass is 10.0. The summed E-state index contributed by atoms with van der Waals surface area (Å²) in [6, 6.07) is 20.0. The summed E-state index contributed by atoms with van der Waals surface area (Å²) in [7, 11) is 1.63. The normalized spacial score (nSPS) is 19.9. The van der Waals surface area contributed by atoms with E-state index in [0.717, 1.165) is 37.1 Å². The lowest BCUT2D eigenvalue weighted by Gasteiger charge is -2.34. The third-order valence-corrected chi connectivity index (χ3v) is 6.87. The summed E-state index contributed by atoms with van der Waals surface area (Å²) in [6.07, 6.45) is -0.730. The molecule has 3 heterocycles. The number of alkyl halides is 2. The van der Waals surface area contributed by atoms with Gasteiger partial charge in [-0.2, -0.15) is 9.97 Å². The van der Waals surface area contributed by atoms with Crippen LogP contribution in [-0.4, -0.2) is 61.9 Å². The van der Waals surface area contributed by atoms with Gasteiger partial charge < -0.3 is 24.0 Å². The molecule has 37 heavy (non-hydrogen) atoms. The van der Waals surface area contributed by atoms with Crippen LogP contribution in [0.25, 0.3) is 0 Å². The summed E-state index contributed by atoms with van der Waals surface area (Å²) >= 11 is 0. The van der Waals surface area contributed by atoms with Gasteiger partial charge in [-0.15, -0.1) is 0 Å². The van der Waals surface area contributed by atoms with Gasteiger partial charge in [0.05, 0.1) is 20.3 Å². The largest absolute Gasteiger partial charge is 0.497 e. The lowest BCUT2D eigenvalue weighted by molar-refractivity contribution is -0.0615. The fourth-order valence-corrected chi connectivity index (χ4v) is 4.88. The van der Waals surface area contributed by atoms with Gasteiger partial charge in [0.25, 0.3) is 6.43 Å². The molecule has 2 saturated heterocycles. The van der Waals surface area contributed by atoms with Gasteiger partial charge in [0.15, 0.2) is 0 Å². The van der Waals surface area contributed by atoms with E-state index >= 15 is 0 Å². The highest BCUT2D eigenvalue weighted by Crippen LogP contribution is 2.30. The van der Waals surface area contributed by atoms with Crippen molar-refractivity contribution in [3.63, 3.8) is 0 Å². The first-order valence-corrected chi connectivity index (χ1v) is 12.7. The van der Waals surface area contributed by atoms with Crippen molar-refractivity contribution in [1.29, 1.82) is 0 Å². The molecule has 3 aromatic rings. The van der Waals surface area contributed by atoms with Gasteiger partial charge >= 0.3 is 0 Å². The summed E-state index contributed by atoms with van der Waals surface area (Å²) in [5.74, 6) is 2.34. The third-order valence-electron chi connectivity index (χ3n) is 6.87. The van der Waals surface area contributed by atoms with E-state index in [1.807, 2.05) is 35.2 Å². The van der Waals surface area contributed by atoms with Crippen molar-refractivity contribution < 1.29 is 23.0 Å². The van der Waals surface area contributed by atoms with Crippen molar-refractivity contribution in [3.05, 3.63) is 71.8 Å². The number of hydrogen-bond acceptors (Lipinski definition) is 7. The van der Waals surface area contributed by atoms with Gasteiger partial charge in [-0.25, -0.2) is 8.78 Å². The number of methoxy groups -OCH3 is 1. The number of morpholine rings is 1. The van der Waals surface area contributed by atoms with E-state index in [9.17, 15) is 8.78 Å². The highest BCUT2D eigenvalue weighted by atomic mass is 19.3. The van der Waals surface area contributed by atoms with Crippen LogP contribution in [-0.2, 0) is 17.8 Å². The van der Waals surface area contributed by atoms with E-state index in [0.29, 0.717) is 30.8 Å². The molecule has 2 aliphatic heterocycles. The average molecular weight is 511 g/mol. The van der Waals surface area contributed by atoms with E-state index in [1.54, 1.807) is 13.2 Å². The first-order valence-electron chi connectivity index (χ1n) is 12.7. The molecule has 0 N–H and O–H groups in total. The zero-order valence-corrected chi connectivity index (χ0v) is 20.9. The topological polar surface area (TPSA) is 60.0 Å². The minimum Gasteiger partial charge on any atom is -0.497 e. The summed E-state index contributed by atoms with van der Waals surface area (Å²) < 4.78 is 43.4. The van der Waals surface area contributed by atoms with E-state index in [4.69, 9.17) is 24.2 Å². The molecule has 5 rings (SSSR count). The Morgan fingerprint density at radius 2 is 1.84 bits per heavy atom. The molecule has 2 aromatic carbocycles. The van der Waals surface area contributed by atoms with Crippen molar-refractivity contribution in [2.24, 2.45) is 0 Å². The molecule has 1 aromatic heterocycles. The number of benzene rings is 2. The summed E-state index contributed by atoms with van der Waals surface area (Å²) in [6.45, 7) is 1.92. The molecule has 0 aliphatic carbocycles. The Morgan fingerprint density at radius 3 is 2.59 bits per heavy atom. The number of aromatic nitrogens is 2. The molecule has 0 radical (unpaired) electrons. The molecule has 2 unspecified atom stereocenters. The quantitative estimate of drug-likeness (QED) is 0.412. The summed E-state index contributed by atoms with van der Waals surface area (Å²) in [5, 5.41) is 0. The molecule has 2 atom stereocenters. The van der Waals surface area contributed by atoms with Crippen molar-refractivity contribution in [1.82, 2.24) is 9.97 Å². The molecule has 7 nitrogen and oxygen atoms in total. The van der Waals surface area contributed by atoms with Crippen molar-refractivity contribution in [2.75, 3.05) is 43.2 Å². The molecule has 0 spiro atoms. The Balaban J connectivity index is 1.40. The third kappa shape index (κ3) is 6.28. The monoisotopic (exact) mass is 510 g/mol. The van der Waals surface area contributed by atoms with Crippen LogP contribution >= 0.6 is 0 Å². The number of nitrogens with zero attached hydrogens (tertiary/aromatic N) is 4. The maximum absolute atomic E-state index is 13.4. The van der Waals surface area contributed by atoms with Gasteiger partial charge in [0.1, 0.15) is 24.3 Å². The van der Waals surface area contributed by atoms with Crippen LogP contribution in [0.15, 0.2) is 60.7 Å². The van der Waals surface area contributed by atoms with E-state index in [1.165, 1.54) is 5.56 Å². The standard InChI is InChI=1S/C28H32F2N4O3/c1-35-23-11-9-21(10-12-23)19-37-26-17-25(33-14-15-36-24(18-33)27(29)30)31-28(32-26)34-13-5-8-22(34)16-20-6-3-2-4-7-20/h2-4,6-7,9-12,17,22,24,27H,5,8,13-16,18-19H2,1H3. The predicted molar refractivity (Wildman–Crippen MR) is 138 cm³/mol. The predicted octanol–water partition coefficient (Wildman–Crippen LogP) is 4.75. The molecule has 9 heteroatoms. The summed E-state index contributed by atoms with van der Waals surface area (Å²) in [4.78, 5) is 13.7. The van der Waals surface area contributed by atoms with Gasteiger partial charge in [-0.05, 0) is 42.5 Å². The van der Waals surface area contributed by atoms with Crippen molar-refractivity contribution >= 4 is 11.8 Å². The number of anilines is 2. The smallest absolute Gasteiger partial charge is 0.266 e. The Hall–Kier alpha value is -3.46. The second-order valence-corrected chi connectivity index (χ2v) is 9.37. The fourth-order valence-electron chi connectivity index (χ4n) is 4.88. The number of halogens is 2. The number of hydrogen-bond donors (Lipinski definition) is 0. The maximum atomic E-state index is 13.4. The van der Waals surface area contributed by atoms with Crippen LogP contribution in [0.2, 0.25) is 0 Å². The maximum Gasteiger partial charge on any atom is 0.266 e. The van der Waals surface area contributed by atoms with Crippen LogP contribution in [0.3, 0.4) is 0 Å². The fraction of sp³-hybridized carbons (Fsp3) is 0.429. The first kappa shape index (κ1) is 25.2. The average Bonchev–Trinajstić information content (AvgIpc) is 3.41. The second kappa shape index (κ2) is 11.7. The van der Waals surface area contributed by atoms with Crippen LogP contribution in [0.5, 0.6) is 11.6 Å².